The van der Waals surface area contributed by atoms with Crippen LogP contribution in [0.3, 0.4) is 0 Å². The molecule has 18 heavy (non-hydrogen) atoms. The Hall–Kier alpha value is -1.36. The Balaban J connectivity index is 2.19. The standard InChI is InChI=1S/C13H14ClN3O/c14-10-3-1-2-8-6-11(17-15)13(16-12(8)10)9-4-5-18-7-9/h1-3,6,9,17H,4-5,7,15H2. The summed E-state index contributed by atoms with van der Waals surface area (Å²) in [6.45, 7) is 1.47. The minimum atomic E-state index is 0.289. The SMILES string of the molecule is NNc1cc2cccc(Cl)c2nc1C1CCOC1. The lowest BCUT2D eigenvalue weighted by Gasteiger charge is -2.14. The zero-order valence-electron chi connectivity index (χ0n) is 9.82. The van der Waals surface area contributed by atoms with Crippen molar-refractivity contribution in [2.75, 3.05) is 18.6 Å². The fraction of sp³-hybridized carbons (Fsp3) is 0.308. The predicted octanol–water partition coefficient (Wildman–Crippen LogP) is 2.68. The molecule has 3 N–H and O–H groups in total. The van der Waals surface area contributed by atoms with E-state index in [1.807, 2.05) is 24.3 Å². The molecular formula is C13H14ClN3O. The Morgan fingerprint density at radius 3 is 3.06 bits per heavy atom. The third-order valence-corrected chi connectivity index (χ3v) is 3.60. The molecule has 2 heterocycles. The molecule has 0 bridgehead atoms. The first-order chi connectivity index (χ1) is 8.79. The van der Waals surface area contributed by atoms with Gasteiger partial charge in [0.1, 0.15) is 0 Å². The van der Waals surface area contributed by atoms with E-state index in [9.17, 15) is 0 Å². The number of nitrogens with one attached hydrogen (secondary N) is 1. The molecule has 0 aliphatic carbocycles. The van der Waals surface area contributed by atoms with Crippen molar-refractivity contribution in [3.63, 3.8) is 0 Å². The van der Waals surface area contributed by atoms with Crippen LogP contribution < -0.4 is 11.3 Å². The van der Waals surface area contributed by atoms with Crippen LogP contribution in [0, 0.1) is 0 Å². The summed E-state index contributed by atoms with van der Waals surface area (Å²) in [5.41, 5.74) is 5.33. The van der Waals surface area contributed by atoms with Gasteiger partial charge in [-0.25, -0.2) is 4.98 Å². The highest BCUT2D eigenvalue weighted by Crippen LogP contribution is 2.33. The smallest absolute Gasteiger partial charge is 0.0893 e. The van der Waals surface area contributed by atoms with E-state index in [4.69, 9.17) is 22.2 Å². The summed E-state index contributed by atoms with van der Waals surface area (Å²) in [6, 6.07) is 7.72. The second-order valence-electron chi connectivity index (χ2n) is 4.44. The molecule has 2 aromatic rings. The molecule has 0 saturated carbocycles. The molecule has 94 valence electrons. The number of para-hydroxylation sites is 1. The van der Waals surface area contributed by atoms with Crippen molar-refractivity contribution in [3.8, 4) is 0 Å². The lowest BCUT2D eigenvalue weighted by Crippen LogP contribution is -2.13. The molecule has 1 fully saturated rings. The van der Waals surface area contributed by atoms with Crippen molar-refractivity contribution in [2.24, 2.45) is 5.84 Å². The highest BCUT2D eigenvalue weighted by atomic mass is 35.5. The maximum absolute atomic E-state index is 6.19. The molecule has 1 saturated heterocycles. The average molecular weight is 264 g/mol. The molecule has 0 radical (unpaired) electrons. The Kier molecular flexibility index (Phi) is 3.07. The number of rotatable bonds is 2. The van der Waals surface area contributed by atoms with Crippen molar-refractivity contribution in [1.82, 2.24) is 4.98 Å². The number of ether oxygens (including phenoxy) is 1. The highest BCUT2D eigenvalue weighted by Gasteiger charge is 2.22. The van der Waals surface area contributed by atoms with Crippen LogP contribution in [0.2, 0.25) is 5.02 Å². The number of pyridine rings is 1. The Labute approximate surface area is 110 Å². The number of nitrogens with zero attached hydrogens (tertiary/aromatic N) is 1. The van der Waals surface area contributed by atoms with Crippen molar-refractivity contribution in [1.29, 1.82) is 0 Å². The minimum Gasteiger partial charge on any atom is -0.381 e. The summed E-state index contributed by atoms with van der Waals surface area (Å²) in [5, 5.41) is 1.65. The number of nitrogens with two attached hydrogens (primary N) is 1. The summed E-state index contributed by atoms with van der Waals surface area (Å²) in [7, 11) is 0. The van der Waals surface area contributed by atoms with E-state index < -0.39 is 0 Å². The molecule has 1 aromatic heterocycles. The number of hydrazine groups is 1. The lowest BCUT2D eigenvalue weighted by molar-refractivity contribution is 0.193. The molecule has 0 spiro atoms. The zero-order chi connectivity index (χ0) is 12.5. The fourth-order valence-corrected chi connectivity index (χ4v) is 2.58. The number of halogens is 1. The molecule has 1 unspecified atom stereocenters. The van der Waals surface area contributed by atoms with Crippen LogP contribution in [-0.2, 0) is 4.74 Å². The van der Waals surface area contributed by atoms with E-state index in [0.717, 1.165) is 35.3 Å². The topological polar surface area (TPSA) is 60.2 Å². The van der Waals surface area contributed by atoms with Gasteiger partial charge in [-0.05, 0) is 18.6 Å². The van der Waals surface area contributed by atoms with Gasteiger partial charge in [0.15, 0.2) is 0 Å². The Morgan fingerprint density at radius 1 is 1.44 bits per heavy atom. The maximum atomic E-state index is 6.19. The zero-order valence-corrected chi connectivity index (χ0v) is 10.6. The van der Waals surface area contributed by atoms with Gasteiger partial charge in [0.25, 0.3) is 0 Å². The highest BCUT2D eigenvalue weighted by molar-refractivity contribution is 6.35. The van der Waals surface area contributed by atoms with E-state index in [1.165, 1.54) is 0 Å². The number of hydrogen-bond donors (Lipinski definition) is 2. The monoisotopic (exact) mass is 263 g/mol. The number of benzene rings is 1. The Morgan fingerprint density at radius 2 is 2.33 bits per heavy atom. The van der Waals surface area contributed by atoms with Crippen molar-refractivity contribution >= 4 is 28.2 Å². The molecular weight excluding hydrogens is 250 g/mol. The molecule has 5 heteroatoms. The summed E-state index contributed by atoms with van der Waals surface area (Å²) in [6.07, 6.45) is 0.970. The molecule has 3 rings (SSSR count). The molecule has 1 aliphatic rings. The second-order valence-corrected chi connectivity index (χ2v) is 4.84. The van der Waals surface area contributed by atoms with Gasteiger partial charge in [-0.15, -0.1) is 0 Å². The van der Waals surface area contributed by atoms with Crippen molar-refractivity contribution in [2.45, 2.75) is 12.3 Å². The van der Waals surface area contributed by atoms with Gasteiger partial charge < -0.3 is 10.2 Å². The van der Waals surface area contributed by atoms with Crippen LogP contribution in [0.25, 0.3) is 10.9 Å². The fourth-order valence-electron chi connectivity index (χ4n) is 2.35. The number of aromatic nitrogens is 1. The third kappa shape index (κ3) is 1.92. The van der Waals surface area contributed by atoms with E-state index in [2.05, 4.69) is 10.4 Å². The van der Waals surface area contributed by atoms with Gasteiger partial charge in [-0.3, -0.25) is 5.84 Å². The van der Waals surface area contributed by atoms with Crippen LogP contribution in [0.4, 0.5) is 5.69 Å². The van der Waals surface area contributed by atoms with Gasteiger partial charge in [-0.1, -0.05) is 23.7 Å². The van der Waals surface area contributed by atoms with Gasteiger partial charge in [0, 0.05) is 17.9 Å². The first-order valence-electron chi connectivity index (χ1n) is 5.93. The van der Waals surface area contributed by atoms with Gasteiger partial charge in [0.2, 0.25) is 0 Å². The third-order valence-electron chi connectivity index (χ3n) is 3.30. The number of fused-ring (bicyclic) bond motifs is 1. The quantitative estimate of drug-likeness (QED) is 0.646. The van der Waals surface area contributed by atoms with Gasteiger partial charge >= 0.3 is 0 Å². The van der Waals surface area contributed by atoms with Crippen molar-refractivity contribution < 1.29 is 4.74 Å². The summed E-state index contributed by atoms with van der Waals surface area (Å²) >= 11 is 6.19. The van der Waals surface area contributed by atoms with Crippen molar-refractivity contribution in [3.05, 3.63) is 35.0 Å². The molecule has 4 nitrogen and oxygen atoms in total. The first-order valence-corrected chi connectivity index (χ1v) is 6.31. The summed E-state index contributed by atoms with van der Waals surface area (Å²) in [5.74, 6) is 5.87. The number of anilines is 1. The van der Waals surface area contributed by atoms with E-state index in [0.29, 0.717) is 11.6 Å². The van der Waals surface area contributed by atoms with Crippen LogP contribution >= 0.6 is 11.6 Å². The van der Waals surface area contributed by atoms with E-state index in [-0.39, 0.29) is 5.92 Å². The molecule has 1 aliphatic heterocycles. The van der Waals surface area contributed by atoms with Gasteiger partial charge in [0.05, 0.1) is 28.5 Å². The Bertz CT molecular complexity index is 582. The predicted molar refractivity (Wildman–Crippen MR) is 72.7 cm³/mol. The summed E-state index contributed by atoms with van der Waals surface area (Å²) < 4.78 is 5.41. The second kappa shape index (κ2) is 4.72. The maximum Gasteiger partial charge on any atom is 0.0893 e. The first kappa shape index (κ1) is 11.7. The van der Waals surface area contributed by atoms with E-state index >= 15 is 0 Å². The molecule has 1 atom stereocenters. The molecule has 1 aromatic carbocycles. The number of hydrogen-bond acceptors (Lipinski definition) is 4. The van der Waals surface area contributed by atoms with Crippen LogP contribution in [0.1, 0.15) is 18.0 Å². The minimum absolute atomic E-state index is 0.289. The van der Waals surface area contributed by atoms with Crippen LogP contribution in [-0.4, -0.2) is 18.2 Å². The number of nitrogen functional groups attached to an aromatic ring is 1. The normalized spacial score (nSPS) is 19.3. The lowest BCUT2D eigenvalue weighted by atomic mass is 10.0. The van der Waals surface area contributed by atoms with E-state index in [1.54, 1.807) is 0 Å². The largest absolute Gasteiger partial charge is 0.381 e. The van der Waals surface area contributed by atoms with Crippen LogP contribution in [0.5, 0.6) is 0 Å². The summed E-state index contributed by atoms with van der Waals surface area (Å²) in [4.78, 5) is 4.67. The van der Waals surface area contributed by atoms with Gasteiger partial charge in [-0.2, -0.15) is 0 Å². The average Bonchev–Trinajstić information content (AvgIpc) is 2.91. The molecule has 0 amide bonds. The van der Waals surface area contributed by atoms with Crippen LogP contribution in [0.15, 0.2) is 24.3 Å².